The molecule has 33 heavy (non-hydrogen) atoms. The SMILES string of the molecule is O=C(OCc1ccccc1)N1CCC2(C[C@H]1c1ccc(-c3n[nH]c(=O)[nH]3)cc1)CC(F)(F)C2. The quantitative estimate of drug-likeness (QED) is 0.600. The number of amides is 1. The van der Waals surface area contributed by atoms with Crippen LogP contribution in [0.5, 0.6) is 0 Å². The normalized spacial score (nSPS) is 20.9. The third-order valence-corrected chi connectivity index (χ3v) is 6.66. The lowest BCUT2D eigenvalue weighted by atomic mass is 9.59. The summed E-state index contributed by atoms with van der Waals surface area (Å²) >= 11 is 0. The molecule has 0 bridgehead atoms. The average Bonchev–Trinajstić information content (AvgIpc) is 3.23. The fourth-order valence-electron chi connectivity index (χ4n) is 5.09. The fourth-order valence-corrected chi connectivity index (χ4v) is 5.09. The first-order valence-electron chi connectivity index (χ1n) is 10.9. The van der Waals surface area contributed by atoms with Crippen LogP contribution in [0.1, 0.15) is 42.9 Å². The van der Waals surface area contributed by atoms with E-state index in [1.54, 1.807) is 17.0 Å². The smallest absolute Gasteiger partial charge is 0.410 e. The third kappa shape index (κ3) is 4.40. The van der Waals surface area contributed by atoms with Crippen LogP contribution >= 0.6 is 0 Å². The molecule has 172 valence electrons. The number of benzene rings is 2. The van der Waals surface area contributed by atoms with Crippen LogP contribution in [-0.2, 0) is 11.3 Å². The minimum Gasteiger partial charge on any atom is -0.445 e. The number of halogens is 2. The van der Waals surface area contributed by atoms with Crippen LogP contribution in [0, 0.1) is 5.41 Å². The second-order valence-electron chi connectivity index (χ2n) is 9.06. The van der Waals surface area contributed by atoms with Gasteiger partial charge in [0, 0.05) is 24.9 Å². The number of hydrogen-bond acceptors (Lipinski definition) is 4. The highest BCUT2D eigenvalue weighted by Crippen LogP contribution is 2.60. The van der Waals surface area contributed by atoms with Crippen molar-refractivity contribution in [2.45, 2.75) is 44.3 Å². The zero-order valence-electron chi connectivity index (χ0n) is 17.9. The van der Waals surface area contributed by atoms with E-state index in [9.17, 15) is 18.4 Å². The highest BCUT2D eigenvalue weighted by molar-refractivity contribution is 5.69. The summed E-state index contributed by atoms with van der Waals surface area (Å²) in [6.07, 6.45) is 0.255. The zero-order chi connectivity index (χ0) is 23.1. The molecule has 1 aromatic heterocycles. The largest absolute Gasteiger partial charge is 0.445 e. The zero-order valence-corrected chi connectivity index (χ0v) is 17.9. The van der Waals surface area contributed by atoms with Crippen LogP contribution in [0.3, 0.4) is 0 Å². The van der Waals surface area contributed by atoms with Gasteiger partial charge in [-0.1, -0.05) is 54.6 Å². The van der Waals surface area contributed by atoms with Gasteiger partial charge in [0.05, 0.1) is 6.04 Å². The van der Waals surface area contributed by atoms with Crippen molar-refractivity contribution in [1.82, 2.24) is 20.1 Å². The Morgan fingerprint density at radius 3 is 2.48 bits per heavy atom. The maximum atomic E-state index is 13.8. The Bertz CT molecular complexity index is 1180. The number of carbonyl (C=O) groups is 1. The second kappa shape index (κ2) is 8.13. The van der Waals surface area contributed by atoms with Crippen LogP contribution in [0.2, 0.25) is 0 Å². The van der Waals surface area contributed by atoms with Crippen molar-refractivity contribution in [1.29, 1.82) is 0 Å². The summed E-state index contributed by atoms with van der Waals surface area (Å²) in [5.74, 6) is -2.22. The summed E-state index contributed by atoms with van der Waals surface area (Å²) in [6, 6.07) is 16.3. The van der Waals surface area contributed by atoms with Gasteiger partial charge in [-0.3, -0.25) is 4.98 Å². The average molecular weight is 454 g/mol. The Morgan fingerprint density at radius 2 is 1.85 bits per heavy atom. The third-order valence-electron chi connectivity index (χ3n) is 6.66. The number of alkyl halides is 2. The monoisotopic (exact) mass is 454 g/mol. The molecule has 1 amide bonds. The Kier molecular flexibility index (Phi) is 5.26. The van der Waals surface area contributed by atoms with E-state index in [2.05, 4.69) is 15.2 Å². The van der Waals surface area contributed by atoms with Gasteiger partial charge in [0.1, 0.15) is 6.61 Å². The standard InChI is InChI=1S/C24H24F2N4O3/c25-24(26)14-23(15-24)10-11-30(22(32)33-13-16-4-2-1-3-5-16)19(12-23)17-6-8-18(9-7-17)20-27-21(31)29-28-20/h1-9,19H,10-15H2,(H2,27,28,29,31)/t19-/m0/s1. The molecule has 2 fully saturated rings. The number of aromatic nitrogens is 3. The summed E-state index contributed by atoms with van der Waals surface area (Å²) in [4.78, 5) is 28.6. The molecule has 5 rings (SSSR count). The summed E-state index contributed by atoms with van der Waals surface area (Å²) < 4.78 is 33.1. The molecule has 0 unspecified atom stereocenters. The molecule has 2 heterocycles. The Hall–Kier alpha value is -3.49. The first-order valence-corrected chi connectivity index (χ1v) is 10.9. The summed E-state index contributed by atoms with van der Waals surface area (Å²) in [7, 11) is 0. The van der Waals surface area contributed by atoms with E-state index in [4.69, 9.17) is 4.74 Å². The summed E-state index contributed by atoms with van der Waals surface area (Å²) in [5.41, 5.74) is 1.56. The molecular formula is C24H24F2N4O3. The lowest BCUT2D eigenvalue weighted by Crippen LogP contribution is -2.54. The van der Waals surface area contributed by atoms with Gasteiger partial charge >= 0.3 is 11.8 Å². The van der Waals surface area contributed by atoms with Crippen molar-refractivity contribution in [3.63, 3.8) is 0 Å². The molecule has 1 saturated heterocycles. The molecule has 1 saturated carbocycles. The van der Waals surface area contributed by atoms with Crippen molar-refractivity contribution < 1.29 is 18.3 Å². The van der Waals surface area contributed by atoms with E-state index in [1.807, 2.05) is 42.5 Å². The van der Waals surface area contributed by atoms with Crippen LogP contribution < -0.4 is 5.69 Å². The van der Waals surface area contributed by atoms with Crippen molar-refractivity contribution in [2.75, 3.05) is 6.54 Å². The Morgan fingerprint density at radius 1 is 1.12 bits per heavy atom. The molecule has 2 aliphatic rings. The van der Waals surface area contributed by atoms with Crippen molar-refractivity contribution in [3.8, 4) is 11.4 Å². The molecule has 1 spiro atoms. The number of carbonyl (C=O) groups excluding carboxylic acids is 1. The number of aromatic amines is 2. The van der Waals surface area contributed by atoms with Crippen molar-refractivity contribution >= 4 is 6.09 Å². The number of rotatable bonds is 4. The van der Waals surface area contributed by atoms with Crippen LogP contribution in [-0.4, -0.2) is 38.6 Å². The number of hydrogen-bond donors (Lipinski definition) is 2. The molecule has 9 heteroatoms. The highest BCUT2D eigenvalue weighted by atomic mass is 19.3. The number of nitrogens with zero attached hydrogens (tertiary/aromatic N) is 2. The molecule has 1 atom stereocenters. The van der Waals surface area contributed by atoms with Gasteiger partial charge in [0.2, 0.25) is 5.92 Å². The van der Waals surface area contributed by atoms with E-state index < -0.39 is 23.1 Å². The molecule has 0 radical (unpaired) electrons. The van der Waals surface area contributed by atoms with E-state index in [0.29, 0.717) is 30.8 Å². The Labute approximate surface area is 188 Å². The lowest BCUT2D eigenvalue weighted by molar-refractivity contribution is -0.183. The molecule has 7 nitrogen and oxygen atoms in total. The van der Waals surface area contributed by atoms with Crippen LogP contribution in [0.15, 0.2) is 59.4 Å². The number of likely N-dealkylation sites (tertiary alicyclic amines) is 1. The minimum atomic E-state index is -2.63. The summed E-state index contributed by atoms with van der Waals surface area (Å²) in [5, 5.41) is 6.25. The van der Waals surface area contributed by atoms with Gasteiger partial charge in [-0.15, -0.1) is 0 Å². The summed E-state index contributed by atoms with van der Waals surface area (Å²) in [6.45, 7) is 0.514. The highest BCUT2D eigenvalue weighted by Gasteiger charge is 2.59. The maximum Gasteiger partial charge on any atom is 0.410 e. The van der Waals surface area contributed by atoms with E-state index in [-0.39, 0.29) is 25.5 Å². The fraction of sp³-hybridized carbons (Fsp3) is 0.375. The predicted octanol–water partition coefficient (Wildman–Crippen LogP) is 4.65. The van der Waals surface area contributed by atoms with E-state index >= 15 is 0 Å². The molecule has 1 aliphatic heterocycles. The topological polar surface area (TPSA) is 91.1 Å². The van der Waals surface area contributed by atoms with Crippen LogP contribution in [0.4, 0.5) is 13.6 Å². The minimum absolute atomic E-state index is 0.143. The van der Waals surface area contributed by atoms with E-state index in [1.165, 1.54) is 0 Å². The molecule has 1 aliphatic carbocycles. The molecular weight excluding hydrogens is 430 g/mol. The van der Waals surface area contributed by atoms with Gasteiger partial charge in [-0.2, -0.15) is 5.10 Å². The van der Waals surface area contributed by atoms with Crippen LogP contribution in [0.25, 0.3) is 11.4 Å². The number of piperidine rings is 1. The lowest BCUT2D eigenvalue weighted by Gasteiger charge is -2.54. The first kappa shape index (κ1) is 21.4. The van der Waals surface area contributed by atoms with Gasteiger partial charge in [-0.25, -0.2) is 23.5 Å². The number of nitrogens with one attached hydrogen (secondary N) is 2. The van der Waals surface area contributed by atoms with Gasteiger partial charge in [0.15, 0.2) is 5.82 Å². The number of H-pyrrole nitrogens is 2. The first-order chi connectivity index (χ1) is 15.8. The van der Waals surface area contributed by atoms with Crippen molar-refractivity contribution in [2.24, 2.45) is 5.41 Å². The molecule has 3 aromatic rings. The van der Waals surface area contributed by atoms with Gasteiger partial charge in [0.25, 0.3) is 0 Å². The Balaban J connectivity index is 1.37. The molecule has 2 aromatic carbocycles. The molecule has 2 N–H and O–H groups in total. The predicted molar refractivity (Wildman–Crippen MR) is 117 cm³/mol. The van der Waals surface area contributed by atoms with E-state index in [0.717, 1.165) is 11.1 Å². The second-order valence-corrected chi connectivity index (χ2v) is 9.06. The number of ether oxygens (including phenoxy) is 1. The van der Waals surface area contributed by atoms with Gasteiger partial charge in [-0.05, 0) is 29.4 Å². The van der Waals surface area contributed by atoms with Crippen molar-refractivity contribution in [3.05, 3.63) is 76.2 Å². The maximum absolute atomic E-state index is 13.8. The van der Waals surface area contributed by atoms with Gasteiger partial charge < -0.3 is 9.64 Å².